The SMILES string of the molecule is CC(C)C[C@@H](C(=O)NC1CCCC1)N(C(=O)c1snc(C(N)=O)c1N)c1ccc(F)c(Cl)c1. The highest BCUT2D eigenvalue weighted by Gasteiger charge is 2.36. The van der Waals surface area contributed by atoms with Gasteiger partial charge in [-0.3, -0.25) is 19.3 Å². The Balaban J connectivity index is 2.08. The summed E-state index contributed by atoms with van der Waals surface area (Å²) in [5, 5.41) is 2.85. The Hall–Kier alpha value is -2.72. The second-order valence-electron chi connectivity index (χ2n) is 8.55. The molecule has 5 N–H and O–H groups in total. The topological polar surface area (TPSA) is 131 Å². The van der Waals surface area contributed by atoms with Crippen molar-refractivity contribution in [2.24, 2.45) is 11.7 Å². The minimum Gasteiger partial charge on any atom is -0.395 e. The molecule has 1 aliphatic rings. The molecule has 0 bridgehead atoms. The van der Waals surface area contributed by atoms with Gasteiger partial charge >= 0.3 is 0 Å². The molecule has 1 aromatic heterocycles. The maximum atomic E-state index is 13.9. The number of amides is 3. The Kier molecular flexibility index (Phi) is 7.91. The van der Waals surface area contributed by atoms with E-state index >= 15 is 0 Å². The minimum atomic E-state index is -0.918. The van der Waals surface area contributed by atoms with E-state index in [1.165, 1.54) is 17.0 Å². The first-order chi connectivity index (χ1) is 15.6. The molecular weight excluding hydrogens is 469 g/mol. The molecule has 3 amide bonds. The fourth-order valence-corrected chi connectivity index (χ4v) is 4.87. The van der Waals surface area contributed by atoms with E-state index in [1.54, 1.807) is 0 Å². The van der Waals surface area contributed by atoms with Gasteiger partial charge in [0, 0.05) is 11.7 Å². The van der Waals surface area contributed by atoms with Gasteiger partial charge in [0.25, 0.3) is 11.8 Å². The molecule has 1 saturated carbocycles. The van der Waals surface area contributed by atoms with E-state index in [0.717, 1.165) is 43.3 Å². The van der Waals surface area contributed by atoms with Crippen LogP contribution in [0.3, 0.4) is 0 Å². The van der Waals surface area contributed by atoms with Crippen LogP contribution in [0.4, 0.5) is 15.8 Å². The molecule has 2 aromatic rings. The Morgan fingerprint density at radius 1 is 1.30 bits per heavy atom. The van der Waals surface area contributed by atoms with Gasteiger partial charge in [-0.25, -0.2) is 4.39 Å². The molecule has 3 rings (SSSR count). The number of nitrogens with one attached hydrogen (secondary N) is 1. The average molecular weight is 496 g/mol. The third-order valence-corrected chi connectivity index (χ3v) is 6.71. The zero-order valence-electron chi connectivity index (χ0n) is 18.4. The van der Waals surface area contributed by atoms with Crippen LogP contribution in [0, 0.1) is 11.7 Å². The Bertz CT molecular complexity index is 1050. The molecule has 1 atom stereocenters. The molecule has 0 aliphatic heterocycles. The van der Waals surface area contributed by atoms with Gasteiger partial charge in [-0.05, 0) is 54.9 Å². The first-order valence-electron chi connectivity index (χ1n) is 10.7. The van der Waals surface area contributed by atoms with Crippen LogP contribution in [-0.4, -0.2) is 34.2 Å². The first kappa shape index (κ1) is 24.9. The number of rotatable bonds is 8. The molecule has 33 heavy (non-hydrogen) atoms. The van der Waals surface area contributed by atoms with Crippen LogP contribution in [0.5, 0.6) is 0 Å². The van der Waals surface area contributed by atoms with E-state index in [0.29, 0.717) is 6.42 Å². The number of nitrogen functional groups attached to an aromatic ring is 1. The van der Waals surface area contributed by atoms with E-state index in [-0.39, 0.29) is 44.8 Å². The lowest BCUT2D eigenvalue weighted by atomic mass is 9.99. The third kappa shape index (κ3) is 5.62. The maximum Gasteiger partial charge on any atom is 0.272 e. The van der Waals surface area contributed by atoms with Crippen molar-refractivity contribution in [1.29, 1.82) is 0 Å². The Morgan fingerprint density at radius 3 is 2.52 bits per heavy atom. The molecule has 0 radical (unpaired) electrons. The Labute approximate surface area is 200 Å². The van der Waals surface area contributed by atoms with Crippen LogP contribution in [-0.2, 0) is 4.79 Å². The van der Waals surface area contributed by atoms with Crippen LogP contribution in [0.25, 0.3) is 0 Å². The van der Waals surface area contributed by atoms with Gasteiger partial charge in [-0.15, -0.1) is 0 Å². The van der Waals surface area contributed by atoms with Gasteiger partial charge in [0.15, 0.2) is 5.69 Å². The number of carbonyl (C=O) groups is 3. The highest BCUT2D eigenvalue weighted by molar-refractivity contribution is 7.09. The van der Waals surface area contributed by atoms with Gasteiger partial charge in [-0.1, -0.05) is 38.3 Å². The monoisotopic (exact) mass is 495 g/mol. The molecular formula is C22H27ClFN5O3S. The largest absolute Gasteiger partial charge is 0.395 e. The molecule has 11 heteroatoms. The minimum absolute atomic E-state index is 0.0355. The van der Waals surface area contributed by atoms with E-state index in [2.05, 4.69) is 9.69 Å². The Morgan fingerprint density at radius 2 is 1.97 bits per heavy atom. The fourth-order valence-electron chi connectivity index (χ4n) is 3.96. The summed E-state index contributed by atoms with van der Waals surface area (Å²) < 4.78 is 17.8. The molecule has 1 heterocycles. The molecule has 8 nitrogen and oxygen atoms in total. The van der Waals surface area contributed by atoms with Crippen LogP contribution in [0.2, 0.25) is 5.02 Å². The molecule has 1 aliphatic carbocycles. The normalized spacial score (nSPS) is 14.9. The van der Waals surface area contributed by atoms with Crippen molar-refractivity contribution in [1.82, 2.24) is 9.69 Å². The average Bonchev–Trinajstić information content (AvgIpc) is 3.39. The standard InChI is InChI=1S/C22H27ClFN5O3S/c1-11(2)9-16(21(31)27-12-5-3-4-6-12)29(13-7-8-15(24)14(23)10-13)22(32)19-17(25)18(20(26)30)28-33-19/h7-8,10-12,16H,3-6,9,25H2,1-2H3,(H2,26,30)(H,27,31)/t16-/m0/s1. The summed E-state index contributed by atoms with van der Waals surface area (Å²) in [4.78, 5) is 39.9. The summed E-state index contributed by atoms with van der Waals surface area (Å²) in [5.41, 5.74) is 11.2. The van der Waals surface area contributed by atoms with E-state index < -0.39 is 23.7 Å². The van der Waals surface area contributed by atoms with Gasteiger partial charge in [-0.2, -0.15) is 4.37 Å². The molecule has 0 unspecified atom stereocenters. The summed E-state index contributed by atoms with van der Waals surface area (Å²) in [6, 6.07) is 2.91. The molecule has 178 valence electrons. The van der Waals surface area contributed by atoms with Crippen LogP contribution >= 0.6 is 23.1 Å². The summed E-state index contributed by atoms with van der Waals surface area (Å²) in [6.07, 6.45) is 4.15. The zero-order chi connectivity index (χ0) is 24.3. The third-order valence-electron chi connectivity index (χ3n) is 5.57. The lowest BCUT2D eigenvalue weighted by molar-refractivity contribution is -0.123. The zero-order valence-corrected chi connectivity index (χ0v) is 20.0. The lowest BCUT2D eigenvalue weighted by Crippen LogP contribution is -2.52. The molecule has 1 fully saturated rings. The molecule has 0 spiro atoms. The number of hydrogen-bond acceptors (Lipinski definition) is 6. The van der Waals surface area contributed by atoms with Gasteiger partial charge in [0.1, 0.15) is 16.7 Å². The van der Waals surface area contributed by atoms with E-state index in [4.69, 9.17) is 23.1 Å². The number of halogens is 2. The predicted octanol–water partition coefficient (Wildman–Crippen LogP) is 3.74. The van der Waals surface area contributed by atoms with Crippen molar-refractivity contribution in [3.05, 3.63) is 39.6 Å². The number of carbonyl (C=O) groups excluding carboxylic acids is 3. The van der Waals surface area contributed by atoms with Crippen molar-refractivity contribution in [2.75, 3.05) is 10.6 Å². The number of benzene rings is 1. The predicted molar refractivity (Wildman–Crippen MR) is 127 cm³/mol. The van der Waals surface area contributed by atoms with Crippen LogP contribution in [0.1, 0.15) is 66.1 Å². The van der Waals surface area contributed by atoms with Gasteiger partial charge in [0.05, 0.1) is 10.7 Å². The van der Waals surface area contributed by atoms with Crippen molar-refractivity contribution in [3.8, 4) is 0 Å². The van der Waals surface area contributed by atoms with Crippen LogP contribution < -0.4 is 21.7 Å². The van der Waals surface area contributed by atoms with Crippen LogP contribution in [0.15, 0.2) is 18.2 Å². The second-order valence-corrected chi connectivity index (χ2v) is 9.73. The maximum absolute atomic E-state index is 13.9. The fraction of sp³-hybridized carbons (Fsp3) is 0.455. The van der Waals surface area contributed by atoms with E-state index in [1.807, 2.05) is 13.8 Å². The number of nitrogens with zero attached hydrogens (tertiary/aromatic N) is 2. The van der Waals surface area contributed by atoms with Crippen molar-refractivity contribution in [3.63, 3.8) is 0 Å². The summed E-state index contributed by atoms with van der Waals surface area (Å²) >= 11 is 6.72. The highest BCUT2D eigenvalue weighted by atomic mass is 35.5. The lowest BCUT2D eigenvalue weighted by Gasteiger charge is -2.33. The molecule has 0 saturated heterocycles. The van der Waals surface area contributed by atoms with Crippen molar-refractivity contribution >= 4 is 52.2 Å². The van der Waals surface area contributed by atoms with E-state index in [9.17, 15) is 18.8 Å². The van der Waals surface area contributed by atoms with Crippen molar-refractivity contribution < 1.29 is 18.8 Å². The quantitative estimate of drug-likeness (QED) is 0.513. The second kappa shape index (κ2) is 10.5. The smallest absolute Gasteiger partial charge is 0.272 e. The number of hydrogen-bond donors (Lipinski definition) is 3. The van der Waals surface area contributed by atoms with Gasteiger partial charge in [0.2, 0.25) is 5.91 Å². The summed E-state index contributed by atoms with van der Waals surface area (Å²) in [7, 11) is 0. The number of aromatic nitrogens is 1. The summed E-state index contributed by atoms with van der Waals surface area (Å²) in [5.74, 6) is -2.43. The molecule has 1 aromatic carbocycles. The number of anilines is 2. The number of primary amides is 1. The van der Waals surface area contributed by atoms with Crippen molar-refractivity contribution in [2.45, 2.75) is 58.0 Å². The first-order valence-corrected chi connectivity index (χ1v) is 11.9. The number of nitrogens with two attached hydrogens (primary N) is 2. The highest BCUT2D eigenvalue weighted by Crippen LogP contribution is 2.31. The van der Waals surface area contributed by atoms with Gasteiger partial charge < -0.3 is 16.8 Å². The summed E-state index contributed by atoms with van der Waals surface area (Å²) in [6.45, 7) is 3.87.